The van der Waals surface area contributed by atoms with Crippen molar-refractivity contribution in [1.82, 2.24) is 0 Å². The summed E-state index contributed by atoms with van der Waals surface area (Å²) in [6.45, 7) is 4.38. The Morgan fingerprint density at radius 3 is 2.53 bits per heavy atom. The number of hydrogen-bond donors (Lipinski definition) is 0. The van der Waals surface area contributed by atoms with Gasteiger partial charge in [0.25, 0.3) is 0 Å². The second-order valence-corrected chi connectivity index (χ2v) is 4.69. The van der Waals surface area contributed by atoms with Gasteiger partial charge in [-0.2, -0.15) is 0 Å². The van der Waals surface area contributed by atoms with E-state index in [-0.39, 0.29) is 11.7 Å². The van der Waals surface area contributed by atoms with Crippen LogP contribution in [-0.2, 0) is 0 Å². The molecule has 84 valence electrons. The molecule has 0 aromatic heterocycles. The van der Waals surface area contributed by atoms with E-state index < -0.39 is 0 Å². The molecule has 0 saturated heterocycles. The summed E-state index contributed by atoms with van der Waals surface area (Å²) in [5.74, 6) is 1.34. The Morgan fingerprint density at radius 2 is 2.00 bits per heavy atom. The Kier molecular flexibility index (Phi) is 5.10. The Labute approximate surface area is 96.5 Å². The van der Waals surface area contributed by atoms with Crippen LogP contribution >= 0.6 is 11.6 Å². The molecule has 0 bridgehead atoms. The first kappa shape index (κ1) is 12.5. The molecular weight excluding hydrogens is 211 g/mol. The van der Waals surface area contributed by atoms with Crippen LogP contribution in [-0.4, -0.2) is 5.88 Å². The maximum Gasteiger partial charge on any atom is 0.123 e. The predicted molar refractivity (Wildman–Crippen MR) is 63.9 cm³/mol. The van der Waals surface area contributed by atoms with Gasteiger partial charge in [-0.25, -0.2) is 4.39 Å². The van der Waals surface area contributed by atoms with Crippen LogP contribution in [0.3, 0.4) is 0 Å². The molecule has 1 atom stereocenters. The zero-order chi connectivity index (χ0) is 11.3. The molecule has 0 N–H and O–H groups in total. The van der Waals surface area contributed by atoms with Gasteiger partial charge in [0, 0.05) is 5.88 Å². The lowest BCUT2D eigenvalue weighted by Crippen LogP contribution is -2.03. The Bertz CT molecular complexity index is 296. The van der Waals surface area contributed by atoms with Crippen LogP contribution in [0.5, 0.6) is 0 Å². The lowest BCUT2D eigenvalue weighted by molar-refractivity contribution is 0.517. The highest BCUT2D eigenvalue weighted by Gasteiger charge is 2.11. The van der Waals surface area contributed by atoms with Gasteiger partial charge in [0.2, 0.25) is 0 Å². The first-order valence-corrected chi connectivity index (χ1v) is 5.98. The smallest absolute Gasteiger partial charge is 0.123 e. The third-order valence-corrected chi connectivity index (χ3v) is 2.97. The van der Waals surface area contributed by atoms with Crippen LogP contribution in [0, 0.1) is 11.7 Å². The zero-order valence-corrected chi connectivity index (χ0v) is 10.1. The van der Waals surface area contributed by atoms with Crippen molar-refractivity contribution in [3.8, 4) is 0 Å². The summed E-state index contributed by atoms with van der Waals surface area (Å²) in [5.41, 5.74) is 1.02. The second kappa shape index (κ2) is 6.12. The van der Waals surface area contributed by atoms with Gasteiger partial charge in [-0.3, -0.25) is 0 Å². The standard InChI is InChI=1S/C13H18ClF/c1-10(2)6-7-12(9-14)11-4-3-5-13(15)8-11/h3-5,8,10,12H,6-7,9H2,1-2H3. The van der Waals surface area contributed by atoms with Crippen LogP contribution in [0.25, 0.3) is 0 Å². The summed E-state index contributed by atoms with van der Waals surface area (Å²) < 4.78 is 13.0. The molecule has 0 heterocycles. The molecule has 0 spiro atoms. The summed E-state index contributed by atoms with van der Waals surface area (Å²) in [5, 5.41) is 0. The maximum absolute atomic E-state index is 13.0. The molecule has 15 heavy (non-hydrogen) atoms. The Balaban J connectivity index is 2.65. The molecule has 0 amide bonds. The van der Waals surface area contributed by atoms with Crippen LogP contribution in [0.15, 0.2) is 24.3 Å². The molecule has 0 aliphatic rings. The van der Waals surface area contributed by atoms with Gasteiger partial charge >= 0.3 is 0 Å². The lowest BCUT2D eigenvalue weighted by atomic mass is 9.93. The summed E-state index contributed by atoms with van der Waals surface area (Å²) in [7, 11) is 0. The van der Waals surface area contributed by atoms with Crippen molar-refractivity contribution in [2.24, 2.45) is 5.92 Å². The Hall–Kier alpha value is -0.560. The quantitative estimate of drug-likeness (QED) is 0.647. The van der Waals surface area contributed by atoms with Crippen LogP contribution in [0.2, 0.25) is 0 Å². The first-order valence-electron chi connectivity index (χ1n) is 5.45. The highest BCUT2D eigenvalue weighted by Crippen LogP contribution is 2.25. The zero-order valence-electron chi connectivity index (χ0n) is 9.34. The van der Waals surface area contributed by atoms with Crippen LogP contribution in [0.4, 0.5) is 4.39 Å². The van der Waals surface area contributed by atoms with E-state index >= 15 is 0 Å². The second-order valence-electron chi connectivity index (χ2n) is 4.38. The monoisotopic (exact) mass is 228 g/mol. The predicted octanol–water partition coefficient (Wildman–Crippen LogP) is 4.58. The molecule has 1 rings (SSSR count). The largest absolute Gasteiger partial charge is 0.207 e. The third-order valence-electron chi connectivity index (χ3n) is 2.60. The molecule has 0 nitrogen and oxygen atoms in total. The van der Waals surface area contributed by atoms with E-state index in [1.54, 1.807) is 12.1 Å². The van der Waals surface area contributed by atoms with E-state index in [2.05, 4.69) is 13.8 Å². The number of halogens is 2. The average molecular weight is 229 g/mol. The van der Waals surface area contributed by atoms with E-state index in [0.29, 0.717) is 11.8 Å². The molecular formula is C13H18ClF. The van der Waals surface area contributed by atoms with Crippen molar-refractivity contribution >= 4 is 11.6 Å². The van der Waals surface area contributed by atoms with Crippen molar-refractivity contribution < 1.29 is 4.39 Å². The minimum Gasteiger partial charge on any atom is -0.207 e. The van der Waals surface area contributed by atoms with Gasteiger partial charge < -0.3 is 0 Å². The fourth-order valence-electron chi connectivity index (χ4n) is 1.63. The van der Waals surface area contributed by atoms with Crippen molar-refractivity contribution in [2.45, 2.75) is 32.6 Å². The van der Waals surface area contributed by atoms with Gasteiger partial charge in [-0.1, -0.05) is 32.4 Å². The molecule has 0 aliphatic heterocycles. The van der Waals surface area contributed by atoms with Gasteiger partial charge in [0.1, 0.15) is 5.82 Å². The SMILES string of the molecule is CC(C)CCC(CCl)c1cccc(F)c1. The highest BCUT2D eigenvalue weighted by atomic mass is 35.5. The fourth-order valence-corrected chi connectivity index (χ4v) is 1.96. The summed E-state index contributed by atoms with van der Waals surface area (Å²) in [4.78, 5) is 0. The molecule has 0 saturated carbocycles. The third kappa shape index (κ3) is 4.21. The van der Waals surface area contributed by atoms with Crippen molar-refractivity contribution in [1.29, 1.82) is 0 Å². The van der Waals surface area contributed by atoms with Gasteiger partial charge in [0.05, 0.1) is 0 Å². The fraction of sp³-hybridized carbons (Fsp3) is 0.538. The minimum atomic E-state index is -0.174. The van der Waals surface area contributed by atoms with Crippen LogP contribution in [0.1, 0.15) is 38.2 Å². The first-order chi connectivity index (χ1) is 7.13. The van der Waals surface area contributed by atoms with Gasteiger partial charge in [-0.05, 0) is 36.0 Å². The molecule has 0 aliphatic carbocycles. The number of alkyl halides is 1. The van der Waals surface area contributed by atoms with Crippen molar-refractivity contribution in [3.63, 3.8) is 0 Å². The number of rotatable bonds is 5. The number of benzene rings is 1. The van der Waals surface area contributed by atoms with E-state index in [0.717, 1.165) is 18.4 Å². The average Bonchev–Trinajstić information content (AvgIpc) is 2.18. The topological polar surface area (TPSA) is 0 Å². The summed E-state index contributed by atoms with van der Waals surface area (Å²) >= 11 is 5.92. The maximum atomic E-state index is 13.0. The normalized spacial score (nSPS) is 13.1. The summed E-state index contributed by atoms with van der Waals surface area (Å²) in [6.07, 6.45) is 2.17. The van der Waals surface area contributed by atoms with Gasteiger partial charge in [0.15, 0.2) is 0 Å². The number of hydrogen-bond acceptors (Lipinski definition) is 0. The van der Waals surface area contributed by atoms with Crippen molar-refractivity contribution in [2.75, 3.05) is 5.88 Å². The molecule has 1 unspecified atom stereocenters. The van der Waals surface area contributed by atoms with Crippen molar-refractivity contribution in [3.05, 3.63) is 35.6 Å². The molecule has 1 aromatic carbocycles. The van der Waals surface area contributed by atoms with E-state index in [1.807, 2.05) is 6.07 Å². The van der Waals surface area contributed by atoms with E-state index in [1.165, 1.54) is 6.07 Å². The van der Waals surface area contributed by atoms with E-state index in [9.17, 15) is 4.39 Å². The molecule has 2 heteroatoms. The minimum absolute atomic E-state index is 0.174. The lowest BCUT2D eigenvalue weighted by Gasteiger charge is -2.15. The van der Waals surface area contributed by atoms with Crippen LogP contribution < -0.4 is 0 Å². The summed E-state index contributed by atoms with van der Waals surface area (Å²) in [6, 6.07) is 6.76. The molecule has 0 fully saturated rings. The molecule has 1 aromatic rings. The van der Waals surface area contributed by atoms with E-state index in [4.69, 9.17) is 11.6 Å². The molecule has 0 radical (unpaired) electrons. The Morgan fingerprint density at radius 1 is 1.27 bits per heavy atom. The highest BCUT2D eigenvalue weighted by molar-refractivity contribution is 6.18. The van der Waals surface area contributed by atoms with Gasteiger partial charge in [-0.15, -0.1) is 11.6 Å².